The molecular weight excluding hydrogens is 304 g/mol. The van der Waals surface area contributed by atoms with Gasteiger partial charge >= 0.3 is 0 Å². The summed E-state index contributed by atoms with van der Waals surface area (Å²) in [6.45, 7) is 5.30. The largest absolute Gasteiger partial charge is 0.341 e. The van der Waals surface area contributed by atoms with E-state index in [9.17, 15) is 0 Å². The lowest BCUT2D eigenvalue weighted by molar-refractivity contribution is -0.644. The van der Waals surface area contributed by atoms with E-state index in [-0.39, 0.29) is 0 Å². The van der Waals surface area contributed by atoms with Crippen molar-refractivity contribution in [2.75, 3.05) is 11.4 Å². The Bertz CT molecular complexity index is 1010. The average molecular weight is 327 g/mol. The van der Waals surface area contributed by atoms with Crippen LogP contribution < -0.4 is 9.47 Å². The van der Waals surface area contributed by atoms with E-state index in [0.29, 0.717) is 0 Å². The molecule has 4 rings (SSSR count). The molecule has 2 nitrogen and oxygen atoms in total. The maximum absolute atomic E-state index is 2.38. The van der Waals surface area contributed by atoms with Crippen LogP contribution in [0.1, 0.15) is 23.6 Å². The van der Waals surface area contributed by atoms with E-state index in [1.807, 2.05) is 0 Å². The molecular formula is C23H23N2+. The Morgan fingerprint density at radius 1 is 1.04 bits per heavy atom. The number of likely N-dealkylation sites (N-methyl/N-ethyl adjacent to an activating group) is 1. The second-order valence-corrected chi connectivity index (χ2v) is 6.61. The Hall–Kier alpha value is -2.87. The van der Waals surface area contributed by atoms with Crippen molar-refractivity contribution in [2.24, 2.45) is 7.05 Å². The van der Waals surface area contributed by atoms with Crippen LogP contribution in [0.4, 0.5) is 5.69 Å². The summed E-state index contributed by atoms with van der Waals surface area (Å²) in [6, 6.07) is 17.4. The first kappa shape index (κ1) is 15.6. The number of hydrogen-bond donors (Lipinski definition) is 0. The summed E-state index contributed by atoms with van der Waals surface area (Å²) >= 11 is 0. The molecule has 0 aliphatic carbocycles. The maximum atomic E-state index is 2.38. The number of hydrogen-bond acceptors (Lipinski definition) is 1. The van der Waals surface area contributed by atoms with Crippen LogP contribution in [-0.2, 0) is 7.05 Å². The first-order chi connectivity index (χ1) is 12.2. The fourth-order valence-electron chi connectivity index (χ4n) is 3.58. The molecule has 0 saturated heterocycles. The van der Waals surface area contributed by atoms with Crippen LogP contribution in [0.2, 0.25) is 0 Å². The predicted octanol–water partition coefficient (Wildman–Crippen LogP) is 4.87. The van der Waals surface area contributed by atoms with Crippen LogP contribution in [-0.4, -0.2) is 6.54 Å². The Labute approximate surface area is 149 Å². The Kier molecular flexibility index (Phi) is 3.89. The highest BCUT2D eigenvalue weighted by atomic mass is 15.1. The molecule has 0 fully saturated rings. The summed E-state index contributed by atoms with van der Waals surface area (Å²) in [4.78, 5) is 2.38. The molecule has 0 N–H and O–H groups in total. The second-order valence-electron chi connectivity index (χ2n) is 6.61. The van der Waals surface area contributed by atoms with Crippen molar-refractivity contribution < 1.29 is 4.57 Å². The highest BCUT2D eigenvalue weighted by Crippen LogP contribution is 2.32. The van der Waals surface area contributed by atoms with E-state index in [1.165, 1.54) is 39.0 Å². The number of allylic oxidation sites excluding steroid dienone is 1. The van der Waals surface area contributed by atoms with Crippen LogP contribution in [0, 0.1) is 6.92 Å². The minimum absolute atomic E-state index is 0.949. The maximum Gasteiger partial charge on any atom is 0.213 e. The van der Waals surface area contributed by atoms with Gasteiger partial charge in [-0.25, -0.2) is 4.57 Å². The van der Waals surface area contributed by atoms with Gasteiger partial charge in [-0.15, -0.1) is 0 Å². The van der Waals surface area contributed by atoms with Gasteiger partial charge in [-0.3, -0.25) is 0 Å². The molecule has 1 aromatic heterocycles. The molecule has 0 amide bonds. The topological polar surface area (TPSA) is 7.12 Å². The first-order valence-corrected chi connectivity index (χ1v) is 8.82. The number of pyridine rings is 1. The second kappa shape index (κ2) is 6.21. The van der Waals surface area contributed by atoms with Crippen molar-refractivity contribution in [3.05, 3.63) is 83.2 Å². The predicted molar refractivity (Wildman–Crippen MR) is 106 cm³/mol. The standard InChI is InChI=1S/C23H23N2/c1-4-25-20(11-10-18-7-5-6-8-22(18)25)16-19-13-14-24(3)23-15-17(2)9-12-21(19)23/h5-16H,4H2,1-3H3/q+1. The minimum Gasteiger partial charge on any atom is -0.341 e. The van der Waals surface area contributed by atoms with Crippen molar-refractivity contribution >= 4 is 28.7 Å². The van der Waals surface area contributed by atoms with Gasteiger partial charge in [0.05, 0.1) is 5.39 Å². The third-order valence-electron chi connectivity index (χ3n) is 4.91. The summed E-state index contributed by atoms with van der Waals surface area (Å²) in [7, 11) is 2.10. The molecule has 0 unspecified atom stereocenters. The Morgan fingerprint density at radius 3 is 2.72 bits per heavy atom. The van der Waals surface area contributed by atoms with Crippen molar-refractivity contribution in [1.82, 2.24) is 0 Å². The van der Waals surface area contributed by atoms with E-state index in [4.69, 9.17) is 0 Å². The molecule has 124 valence electrons. The average Bonchev–Trinajstić information content (AvgIpc) is 2.64. The molecule has 0 atom stereocenters. The molecule has 1 aliphatic heterocycles. The molecule has 2 aromatic carbocycles. The number of aryl methyl sites for hydroxylation is 2. The van der Waals surface area contributed by atoms with Crippen LogP contribution in [0.5, 0.6) is 0 Å². The Morgan fingerprint density at radius 2 is 1.88 bits per heavy atom. The monoisotopic (exact) mass is 327 g/mol. The van der Waals surface area contributed by atoms with Crippen molar-refractivity contribution in [3.63, 3.8) is 0 Å². The van der Waals surface area contributed by atoms with Crippen molar-refractivity contribution in [2.45, 2.75) is 13.8 Å². The fraction of sp³-hybridized carbons (Fsp3) is 0.174. The van der Waals surface area contributed by atoms with Crippen LogP contribution in [0.15, 0.2) is 66.5 Å². The summed E-state index contributed by atoms with van der Waals surface area (Å²) < 4.78 is 2.19. The number of nitrogens with zero attached hydrogens (tertiary/aromatic N) is 2. The van der Waals surface area contributed by atoms with Gasteiger partial charge in [0.15, 0.2) is 6.20 Å². The van der Waals surface area contributed by atoms with Crippen LogP contribution in [0.25, 0.3) is 23.1 Å². The zero-order valence-corrected chi connectivity index (χ0v) is 15.0. The lowest BCUT2D eigenvalue weighted by Crippen LogP contribution is -2.28. The number of benzene rings is 2. The number of aromatic nitrogens is 1. The van der Waals surface area contributed by atoms with Gasteiger partial charge < -0.3 is 4.90 Å². The first-order valence-electron chi connectivity index (χ1n) is 8.82. The third kappa shape index (κ3) is 2.74. The molecule has 0 saturated carbocycles. The van der Waals surface area contributed by atoms with E-state index < -0.39 is 0 Å². The van der Waals surface area contributed by atoms with Gasteiger partial charge in [0.1, 0.15) is 7.05 Å². The molecule has 2 heterocycles. The van der Waals surface area contributed by atoms with E-state index in [2.05, 4.69) is 103 Å². The Balaban J connectivity index is 1.87. The van der Waals surface area contributed by atoms with Gasteiger partial charge in [-0.05, 0) is 54.8 Å². The van der Waals surface area contributed by atoms with E-state index in [1.54, 1.807) is 0 Å². The number of fused-ring (bicyclic) bond motifs is 2. The zero-order valence-electron chi connectivity index (χ0n) is 15.0. The summed E-state index contributed by atoms with van der Waals surface area (Å²) in [5, 5.41) is 1.28. The van der Waals surface area contributed by atoms with Gasteiger partial charge in [0.25, 0.3) is 0 Å². The lowest BCUT2D eigenvalue weighted by atomic mass is 10.0. The third-order valence-corrected chi connectivity index (χ3v) is 4.91. The van der Waals surface area contributed by atoms with E-state index >= 15 is 0 Å². The highest BCUT2D eigenvalue weighted by molar-refractivity contribution is 5.89. The molecule has 25 heavy (non-hydrogen) atoms. The molecule has 2 heteroatoms. The van der Waals surface area contributed by atoms with Crippen LogP contribution >= 0.6 is 0 Å². The van der Waals surface area contributed by atoms with E-state index in [0.717, 1.165) is 6.54 Å². The summed E-state index contributed by atoms with van der Waals surface area (Å²) in [5.74, 6) is 0. The summed E-state index contributed by atoms with van der Waals surface area (Å²) in [5.41, 5.74) is 7.59. The minimum atomic E-state index is 0.949. The van der Waals surface area contributed by atoms with Gasteiger partial charge in [0.2, 0.25) is 5.52 Å². The van der Waals surface area contributed by atoms with Crippen molar-refractivity contribution in [3.8, 4) is 0 Å². The smallest absolute Gasteiger partial charge is 0.213 e. The number of anilines is 1. The van der Waals surface area contributed by atoms with Gasteiger partial charge in [-0.2, -0.15) is 0 Å². The summed E-state index contributed by atoms with van der Waals surface area (Å²) in [6.07, 6.45) is 8.88. The number of para-hydroxylation sites is 1. The molecule has 0 radical (unpaired) electrons. The van der Waals surface area contributed by atoms with Crippen LogP contribution in [0.3, 0.4) is 0 Å². The molecule has 1 aliphatic rings. The number of rotatable bonds is 2. The zero-order chi connectivity index (χ0) is 17.4. The quantitative estimate of drug-likeness (QED) is 0.609. The normalized spacial score (nSPS) is 15.0. The fourth-order valence-corrected chi connectivity index (χ4v) is 3.58. The molecule has 0 spiro atoms. The lowest BCUT2D eigenvalue weighted by Gasteiger charge is -2.29. The molecule has 3 aromatic rings. The molecule has 0 bridgehead atoms. The van der Waals surface area contributed by atoms with Crippen molar-refractivity contribution in [1.29, 1.82) is 0 Å². The van der Waals surface area contributed by atoms with Gasteiger partial charge in [0, 0.05) is 30.1 Å². The van der Waals surface area contributed by atoms with Gasteiger partial charge in [-0.1, -0.05) is 30.3 Å². The SMILES string of the molecule is CCN1/C(=C/c2cc[n+](C)c3cc(C)ccc23)C=Cc2ccccc21. The highest BCUT2D eigenvalue weighted by Gasteiger charge is 2.16.